The summed E-state index contributed by atoms with van der Waals surface area (Å²) in [6.07, 6.45) is 3.86. The van der Waals surface area contributed by atoms with E-state index < -0.39 is 0 Å². The molecule has 2 N–H and O–H groups in total. The fraction of sp³-hybridized carbons (Fsp3) is 0.231. The van der Waals surface area contributed by atoms with Crippen LogP contribution in [-0.4, -0.2) is 17.2 Å². The van der Waals surface area contributed by atoms with Gasteiger partial charge in [-0.05, 0) is 59.9 Å². The van der Waals surface area contributed by atoms with Crippen LogP contribution in [-0.2, 0) is 5.41 Å². The number of aliphatic hydroxyl groups is 1. The summed E-state index contributed by atoms with van der Waals surface area (Å²) in [6, 6.07) is 19.3. The van der Waals surface area contributed by atoms with Crippen LogP contribution in [0.1, 0.15) is 37.5 Å². The molecular weight excluding hydrogens is 404 g/mol. The highest BCUT2D eigenvalue weighted by atomic mass is 32.1. The third-order valence-electron chi connectivity index (χ3n) is 5.03. The summed E-state index contributed by atoms with van der Waals surface area (Å²) in [5.74, 6) is 0.807. The second kappa shape index (κ2) is 9.31. The molecular formula is C26H29N2O2S+. The normalized spacial score (nSPS) is 12.2. The van der Waals surface area contributed by atoms with Gasteiger partial charge in [0, 0.05) is 23.4 Å². The van der Waals surface area contributed by atoms with E-state index in [2.05, 4.69) is 38.2 Å². The van der Waals surface area contributed by atoms with Crippen LogP contribution in [0.25, 0.3) is 11.5 Å². The van der Waals surface area contributed by atoms with Gasteiger partial charge in [-0.25, -0.2) is 0 Å². The van der Waals surface area contributed by atoms with Crippen LogP contribution in [0.4, 0.5) is 5.69 Å². The monoisotopic (exact) mass is 433 g/mol. The minimum absolute atomic E-state index is 0.0291. The molecule has 4 nitrogen and oxygen atoms in total. The van der Waals surface area contributed by atoms with E-state index >= 15 is 0 Å². The number of aromatic nitrogens is 1. The van der Waals surface area contributed by atoms with Crippen LogP contribution in [0.5, 0.6) is 5.75 Å². The Morgan fingerprint density at radius 1 is 1.00 bits per heavy atom. The van der Waals surface area contributed by atoms with Crippen molar-refractivity contribution in [3.63, 3.8) is 0 Å². The number of hydrogen-bond donors (Lipinski definition) is 2. The second-order valence-corrected chi connectivity index (χ2v) is 8.90. The highest BCUT2D eigenvalue weighted by Gasteiger charge is 2.25. The van der Waals surface area contributed by atoms with Gasteiger partial charge in [0.25, 0.3) is 5.70 Å². The molecule has 5 heteroatoms. The SMILES string of the molecule is COc1ccc(/C(O)=C(/C(=S)Nc2cccc(C)c2)[n+]2ccc(C(C)(C)C)cc2)cc1. The van der Waals surface area contributed by atoms with E-state index in [0.717, 1.165) is 17.0 Å². The molecule has 0 amide bonds. The maximum absolute atomic E-state index is 11.2. The molecule has 0 radical (unpaired) electrons. The summed E-state index contributed by atoms with van der Waals surface area (Å²) in [5, 5.41) is 14.5. The summed E-state index contributed by atoms with van der Waals surface area (Å²) in [6.45, 7) is 8.53. The lowest BCUT2D eigenvalue weighted by Crippen LogP contribution is -2.39. The van der Waals surface area contributed by atoms with Gasteiger partial charge < -0.3 is 15.2 Å². The van der Waals surface area contributed by atoms with Crippen LogP contribution >= 0.6 is 12.2 Å². The standard InChI is InChI=1S/C26H28N2O2S/c1-18-7-6-8-21(17-18)27-25(31)23(24(29)19-9-11-22(30-5)12-10-19)28-15-13-20(14-16-28)26(2,3)4/h6-17H,1-5H3,(H-,27,29,31)/p+1. The molecule has 1 aromatic heterocycles. The van der Waals surface area contributed by atoms with E-state index in [1.807, 2.05) is 72.4 Å². The topological polar surface area (TPSA) is 45.4 Å². The molecule has 0 saturated carbocycles. The number of aryl methyl sites for hydroxylation is 1. The van der Waals surface area contributed by atoms with Crippen molar-refractivity contribution in [2.45, 2.75) is 33.1 Å². The lowest BCUT2D eigenvalue weighted by Gasteiger charge is -2.18. The molecule has 3 rings (SSSR count). The number of nitrogens with one attached hydrogen (secondary N) is 1. The highest BCUT2D eigenvalue weighted by Crippen LogP contribution is 2.24. The van der Waals surface area contributed by atoms with Gasteiger partial charge in [0.1, 0.15) is 5.75 Å². The van der Waals surface area contributed by atoms with Gasteiger partial charge in [-0.3, -0.25) is 0 Å². The summed E-state index contributed by atoms with van der Waals surface area (Å²) in [7, 11) is 1.61. The largest absolute Gasteiger partial charge is 0.502 e. The van der Waals surface area contributed by atoms with E-state index in [0.29, 0.717) is 16.2 Å². The highest BCUT2D eigenvalue weighted by molar-refractivity contribution is 7.81. The van der Waals surface area contributed by atoms with Gasteiger partial charge in [0.05, 0.1) is 7.11 Å². The summed E-state index contributed by atoms with van der Waals surface area (Å²) in [5.41, 5.74) is 4.38. The molecule has 0 unspecified atom stereocenters. The molecule has 31 heavy (non-hydrogen) atoms. The molecule has 0 aliphatic carbocycles. The molecule has 0 bridgehead atoms. The molecule has 2 aromatic carbocycles. The number of benzene rings is 2. The van der Waals surface area contributed by atoms with Gasteiger partial charge in [-0.1, -0.05) is 45.1 Å². The third kappa shape index (κ3) is 5.50. The molecule has 0 atom stereocenters. The van der Waals surface area contributed by atoms with E-state index in [-0.39, 0.29) is 11.2 Å². The number of hydrogen-bond acceptors (Lipinski definition) is 3. The fourth-order valence-corrected chi connectivity index (χ4v) is 3.54. The zero-order valence-electron chi connectivity index (χ0n) is 18.6. The lowest BCUT2D eigenvalue weighted by molar-refractivity contribution is -0.575. The van der Waals surface area contributed by atoms with Gasteiger partial charge in [0.15, 0.2) is 23.1 Å². The number of methoxy groups -OCH3 is 1. The van der Waals surface area contributed by atoms with Crippen molar-refractivity contribution in [2.24, 2.45) is 0 Å². The van der Waals surface area contributed by atoms with Crippen molar-refractivity contribution in [2.75, 3.05) is 12.4 Å². The van der Waals surface area contributed by atoms with Crippen molar-refractivity contribution < 1.29 is 14.4 Å². The van der Waals surface area contributed by atoms with E-state index in [4.69, 9.17) is 17.0 Å². The number of rotatable bonds is 5. The number of pyridine rings is 1. The minimum atomic E-state index is 0.0291. The average Bonchev–Trinajstić information content (AvgIpc) is 2.73. The molecule has 0 fully saturated rings. The molecule has 0 spiro atoms. The predicted molar refractivity (Wildman–Crippen MR) is 131 cm³/mol. The Morgan fingerprint density at radius 2 is 1.65 bits per heavy atom. The Kier molecular flexibility index (Phi) is 6.76. The smallest absolute Gasteiger partial charge is 0.288 e. The van der Waals surface area contributed by atoms with E-state index in [1.54, 1.807) is 7.11 Å². The van der Waals surface area contributed by atoms with E-state index in [1.165, 1.54) is 5.56 Å². The first-order chi connectivity index (χ1) is 14.7. The summed E-state index contributed by atoms with van der Waals surface area (Å²) in [4.78, 5) is 0.424. The Bertz CT molecular complexity index is 1100. The molecule has 0 aliphatic rings. The van der Waals surface area contributed by atoms with Gasteiger partial charge in [-0.15, -0.1) is 0 Å². The molecule has 0 saturated heterocycles. The maximum atomic E-state index is 11.2. The van der Waals surface area contributed by atoms with Crippen molar-refractivity contribution in [3.05, 3.63) is 89.7 Å². The second-order valence-electron chi connectivity index (χ2n) is 8.49. The van der Waals surface area contributed by atoms with Gasteiger partial charge in [-0.2, -0.15) is 4.57 Å². The van der Waals surface area contributed by atoms with E-state index in [9.17, 15) is 5.11 Å². The predicted octanol–water partition coefficient (Wildman–Crippen LogP) is 5.91. The average molecular weight is 434 g/mol. The Labute approximate surface area is 189 Å². The van der Waals surface area contributed by atoms with Crippen molar-refractivity contribution in [3.8, 4) is 5.75 Å². The molecule has 160 valence electrons. The van der Waals surface area contributed by atoms with Crippen molar-refractivity contribution in [1.29, 1.82) is 0 Å². The zero-order valence-corrected chi connectivity index (χ0v) is 19.5. The summed E-state index contributed by atoms with van der Waals surface area (Å²) < 4.78 is 7.08. The first-order valence-corrected chi connectivity index (χ1v) is 10.6. The van der Waals surface area contributed by atoms with Crippen molar-refractivity contribution in [1.82, 2.24) is 0 Å². The van der Waals surface area contributed by atoms with Crippen LogP contribution < -0.4 is 14.6 Å². The molecule has 0 aliphatic heterocycles. The van der Waals surface area contributed by atoms with Gasteiger partial charge in [0.2, 0.25) is 0 Å². The third-order valence-corrected chi connectivity index (χ3v) is 5.33. The minimum Gasteiger partial charge on any atom is -0.502 e. The maximum Gasteiger partial charge on any atom is 0.288 e. The zero-order chi connectivity index (χ0) is 22.6. The first kappa shape index (κ1) is 22.5. The molecule has 3 aromatic rings. The quantitative estimate of drug-likeness (QED) is 0.227. The van der Waals surface area contributed by atoms with Crippen LogP contribution in [0.3, 0.4) is 0 Å². The van der Waals surface area contributed by atoms with Crippen LogP contribution in [0.15, 0.2) is 73.1 Å². The Balaban J connectivity index is 2.07. The Morgan fingerprint density at radius 3 is 2.19 bits per heavy atom. The van der Waals surface area contributed by atoms with Gasteiger partial charge >= 0.3 is 0 Å². The number of anilines is 1. The fourth-order valence-electron chi connectivity index (χ4n) is 3.22. The number of aliphatic hydroxyl groups excluding tert-OH is 1. The van der Waals surface area contributed by atoms with Crippen LogP contribution in [0.2, 0.25) is 0 Å². The summed E-state index contributed by atoms with van der Waals surface area (Å²) >= 11 is 5.74. The number of ether oxygens (including phenoxy) is 1. The van der Waals surface area contributed by atoms with Crippen molar-refractivity contribution >= 4 is 34.3 Å². The number of nitrogens with zero attached hydrogens (tertiary/aromatic N) is 1. The Hall–Kier alpha value is -3.18. The molecule has 1 heterocycles. The number of thiocarbonyl (C=S) groups is 1. The van der Waals surface area contributed by atoms with Crippen LogP contribution in [0, 0.1) is 6.92 Å². The lowest BCUT2D eigenvalue weighted by atomic mass is 9.88. The first-order valence-electron chi connectivity index (χ1n) is 10.2.